The Kier molecular flexibility index (Phi) is 3.75. The summed E-state index contributed by atoms with van der Waals surface area (Å²) < 4.78 is 6.02. The van der Waals surface area contributed by atoms with Crippen molar-refractivity contribution >= 4 is 0 Å². The lowest BCUT2D eigenvalue weighted by Gasteiger charge is -2.29. The van der Waals surface area contributed by atoms with Crippen LogP contribution in [0.15, 0.2) is 42.5 Å². The third kappa shape index (κ3) is 2.70. The van der Waals surface area contributed by atoms with Gasteiger partial charge >= 0.3 is 0 Å². The smallest absolute Gasteiger partial charge is 0.125 e. The molecule has 0 radical (unpaired) electrons. The molecule has 0 spiro atoms. The van der Waals surface area contributed by atoms with E-state index in [2.05, 4.69) is 43.4 Å². The second kappa shape index (κ2) is 5.68. The third-order valence-electron chi connectivity index (χ3n) is 3.93. The van der Waals surface area contributed by atoms with Crippen LogP contribution in [-0.2, 0) is 6.61 Å². The van der Waals surface area contributed by atoms with Crippen LogP contribution in [0, 0.1) is 13.8 Å². The predicted octanol–water partition coefficient (Wildman–Crippen LogP) is 3.92. The van der Waals surface area contributed by atoms with Crippen LogP contribution in [0.4, 0.5) is 0 Å². The lowest BCUT2D eigenvalue weighted by atomic mass is 9.94. The van der Waals surface area contributed by atoms with Crippen molar-refractivity contribution in [3.05, 3.63) is 64.7 Å². The van der Waals surface area contributed by atoms with Crippen LogP contribution < -0.4 is 10.1 Å². The molecule has 2 heteroatoms. The molecule has 0 amide bonds. The minimum atomic E-state index is 0.538. The van der Waals surface area contributed by atoms with Crippen molar-refractivity contribution in [2.45, 2.75) is 32.9 Å². The van der Waals surface area contributed by atoms with E-state index in [4.69, 9.17) is 4.74 Å². The maximum atomic E-state index is 6.02. The third-order valence-corrected chi connectivity index (χ3v) is 3.93. The number of hydrogen-bond donors (Lipinski definition) is 1. The van der Waals surface area contributed by atoms with Gasteiger partial charge in [0.2, 0.25) is 0 Å². The molecule has 0 bridgehead atoms. The van der Waals surface area contributed by atoms with Gasteiger partial charge in [-0.2, -0.15) is 0 Å². The number of hydrogen-bond acceptors (Lipinski definition) is 2. The summed E-state index contributed by atoms with van der Waals surface area (Å²) in [6.07, 6.45) is 1.24. The van der Waals surface area contributed by atoms with E-state index in [0.29, 0.717) is 12.6 Å². The molecule has 1 saturated heterocycles. The SMILES string of the molecule is Cc1cc([C@@H]2CCN2)cc(C)c1OCc1ccccc1. The Morgan fingerprint density at radius 1 is 1.10 bits per heavy atom. The summed E-state index contributed by atoms with van der Waals surface area (Å²) in [7, 11) is 0. The van der Waals surface area contributed by atoms with Crippen molar-refractivity contribution in [2.24, 2.45) is 0 Å². The number of benzene rings is 2. The van der Waals surface area contributed by atoms with Crippen LogP contribution in [0.25, 0.3) is 0 Å². The number of aryl methyl sites for hydroxylation is 2. The van der Waals surface area contributed by atoms with Crippen molar-refractivity contribution in [3.63, 3.8) is 0 Å². The van der Waals surface area contributed by atoms with E-state index >= 15 is 0 Å². The quantitative estimate of drug-likeness (QED) is 0.906. The first-order valence-electron chi connectivity index (χ1n) is 7.25. The van der Waals surface area contributed by atoms with E-state index < -0.39 is 0 Å². The normalized spacial score (nSPS) is 17.6. The molecule has 3 rings (SSSR count). The molecular formula is C18H21NO. The van der Waals surface area contributed by atoms with E-state index in [-0.39, 0.29) is 0 Å². The molecule has 20 heavy (non-hydrogen) atoms. The number of nitrogens with one attached hydrogen (secondary N) is 1. The van der Waals surface area contributed by atoms with E-state index in [0.717, 1.165) is 12.3 Å². The average molecular weight is 267 g/mol. The second-order valence-corrected chi connectivity index (χ2v) is 5.55. The molecule has 2 aromatic carbocycles. The highest BCUT2D eigenvalue weighted by Crippen LogP contribution is 2.31. The minimum absolute atomic E-state index is 0.538. The Hall–Kier alpha value is -1.80. The molecule has 0 aromatic heterocycles. The van der Waals surface area contributed by atoms with Gasteiger partial charge in [-0.1, -0.05) is 42.5 Å². The zero-order valence-corrected chi connectivity index (χ0v) is 12.1. The summed E-state index contributed by atoms with van der Waals surface area (Å²) in [6, 6.07) is 15.4. The highest BCUT2D eigenvalue weighted by atomic mass is 16.5. The Morgan fingerprint density at radius 2 is 1.75 bits per heavy atom. The van der Waals surface area contributed by atoms with Crippen LogP contribution in [0.2, 0.25) is 0 Å². The zero-order chi connectivity index (χ0) is 13.9. The first-order valence-corrected chi connectivity index (χ1v) is 7.25. The van der Waals surface area contributed by atoms with Crippen LogP contribution in [0.3, 0.4) is 0 Å². The van der Waals surface area contributed by atoms with Crippen LogP contribution >= 0.6 is 0 Å². The summed E-state index contributed by atoms with van der Waals surface area (Å²) in [4.78, 5) is 0. The van der Waals surface area contributed by atoms with Gasteiger partial charge in [0, 0.05) is 6.04 Å². The standard InChI is InChI=1S/C18H21NO/c1-13-10-16(17-8-9-19-17)11-14(2)18(13)20-12-15-6-4-3-5-7-15/h3-7,10-11,17,19H,8-9,12H2,1-2H3/t17-/m0/s1. The fraction of sp³-hybridized carbons (Fsp3) is 0.333. The number of rotatable bonds is 4. The predicted molar refractivity (Wildman–Crippen MR) is 82.1 cm³/mol. The van der Waals surface area contributed by atoms with Crippen LogP contribution in [-0.4, -0.2) is 6.54 Å². The second-order valence-electron chi connectivity index (χ2n) is 5.55. The average Bonchev–Trinajstić information content (AvgIpc) is 2.37. The summed E-state index contributed by atoms with van der Waals surface area (Å²) in [6.45, 7) is 6.03. The summed E-state index contributed by atoms with van der Waals surface area (Å²) in [5, 5.41) is 3.45. The Labute approximate surface area is 120 Å². The van der Waals surface area contributed by atoms with E-state index in [1.165, 1.54) is 28.7 Å². The van der Waals surface area contributed by atoms with Crippen LogP contribution in [0.1, 0.15) is 34.7 Å². The van der Waals surface area contributed by atoms with E-state index in [1.54, 1.807) is 0 Å². The Balaban J connectivity index is 1.76. The topological polar surface area (TPSA) is 21.3 Å². The van der Waals surface area contributed by atoms with Crippen molar-refractivity contribution in [2.75, 3.05) is 6.54 Å². The Morgan fingerprint density at radius 3 is 2.30 bits per heavy atom. The van der Waals surface area contributed by atoms with E-state index in [9.17, 15) is 0 Å². The molecule has 1 heterocycles. The maximum absolute atomic E-state index is 6.02. The molecule has 2 aromatic rings. The zero-order valence-electron chi connectivity index (χ0n) is 12.1. The highest BCUT2D eigenvalue weighted by Gasteiger charge is 2.20. The van der Waals surface area contributed by atoms with Gasteiger partial charge in [0.25, 0.3) is 0 Å². The van der Waals surface area contributed by atoms with Gasteiger partial charge < -0.3 is 10.1 Å². The first kappa shape index (κ1) is 13.2. The maximum Gasteiger partial charge on any atom is 0.125 e. The summed E-state index contributed by atoms with van der Waals surface area (Å²) in [5.74, 6) is 1.02. The molecular weight excluding hydrogens is 246 g/mol. The molecule has 1 atom stereocenters. The van der Waals surface area contributed by atoms with Gasteiger partial charge in [-0.05, 0) is 49.1 Å². The fourth-order valence-corrected chi connectivity index (χ4v) is 2.72. The van der Waals surface area contributed by atoms with Gasteiger partial charge in [0.1, 0.15) is 12.4 Å². The van der Waals surface area contributed by atoms with Gasteiger partial charge in [-0.15, -0.1) is 0 Å². The highest BCUT2D eigenvalue weighted by molar-refractivity contribution is 5.44. The molecule has 1 fully saturated rings. The van der Waals surface area contributed by atoms with Crippen molar-refractivity contribution in [1.29, 1.82) is 0 Å². The van der Waals surface area contributed by atoms with Gasteiger partial charge in [0.15, 0.2) is 0 Å². The molecule has 1 aliphatic rings. The van der Waals surface area contributed by atoms with Crippen molar-refractivity contribution < 1.29 is 4.74 Å². The first-order chi connectivity index (χ1) is 9.74. The molecule has 0 aliphatic carbocycles. The Bertz CT molecular complexity index is 565. The van der Waals surface area contributed by atoms with Gasteiger partial charge in [-0.25, -0.2) is 0 Å². The lowest BCUT2D eigenvalue weighted by molar-refractivity contribution is 0.301. The van der Waals surface area contributed by atoms with Crippen molar-refractivity contribution in [1.82, 2.24) is 5.32 Å². The minimum Gasteiger partial charge on any atom is -0.488 e. The van der Waals surface area contributed by atoms with Crippen molar-refractivity contribution in [3.8, 4) is 5.75 Å². The molecule has 1 N–H and O–H groups in total. The summed E-state index contributed by atoms with van der Waals surface area (Å²) in [5.41, 5.74) is 5.05. The fourth-order valence-electron chi connectivity index (χ4n) is 2.72. The van der Waals surface area contributed by atoms with E-state index in [1.807, 2.05) is 18.2 Å². The van der Waals surface area contributed by atoms with Gasteiger partial charge in [0.05, 0.1) is 0 Å². The molecule has 0 unspecified atom stereocenters. The molecule has 2 nitrogen and oxygen atoms in total. The molecule has 0 saturated carbocycles. The monoisotopic (exact) mass is 267 g/mol. The van der Waals surface area contributed by atoms with Gasteiger partial charge in [-0.3, -0.25) is 0 Å². The lowest BCUT2D eigenvalue weighted by Crippen LogP contribution is -2.35. The largest absolute Gasteiger partial charge is 0.488 e. The number of ether oxygens (including phenoxy) is 1. The summed E-state index contributed by atoms with van der Waals surface area (Å²) >= 11 is 0. The van der Waals surface area contributed by atoms with Crippen LogP contribution in [0.5, 0.6) is 5.75 Å². The molecule has 1 aliphatic heterocycles. The molecule has 104 valence electrons.